The standard InChI is InChI=1S/C16H17FN4O3/c1-9-14-20-12(13(22)16(24)21(14)7-6-18-9)15(23)19-8-10-2-4-11(17)5-3-10/h2-5,9,18,22H,6-8H2,1H3,(H,19,23). The molecule has 0 aliphatic carbocycles. The second kappa shape index (κ2) is 6.40. The third kappa shape index (κ3) is 3.00. The van der Waals surface area contributed by atoms with Gasteiger partial charge in [-0.05, 0) is 24.6 Å². The number of rotatable bonds is 3. The maximum Gasteiger partial charge on any atom is 0.296 e. The van der Waals surface area contributed by atoms with E-state index in [1.165, 1.54) is 28.8 Å². The Hall–Kier alpha value is -2.74. The van der Waals surface area contributed by atoms with Crippen LogP contribution < -0.4 is 16.2 Å². The van der Waals surface area contributed by atoms with Crippen molar-refractivity contribution in [2.24, 2.45) is 0 Å². The molecule has 0 radical (unpaired) electrons. The van der Waals surface area contributed by atoms with Crippen LogP contribution in [0, 0.1) is 5.82 Å². The molecule has 0 saturated carbocycles. The lowest BCUT2D eigenvalue weighted by atomic mass is 10.2. The first-order valence-electron chi connectivity index (χ1n) is 7.57. The van der Waals surface area contributed by atoms with Crippen LogP contribution >= 0.6 is 0 Å². The van der Waals surface area contributed by atoms with Crippen molar-refractivity contribution in [2.75, 3.05) is 6.54 Å². The van der Waals surface area contributed by atoms with Crippen LogP contribution in [0.5, 0.6) is 5.75 Å². The maximum atomic E-state index is 12.9. The van der Waals surface area contributed by atoms with Crippen molar-refractivity contribution in [1.29, 1.82) is 0 Å². The molecular formula is C16H17FN4O3. The number of carbonyl (C=O) groups excluding carboxylic acids is 1. The number of nitrogens with one attached hydrogen (secondary N) is 2. The Balaban J connectivity index is 1.84. The van der Waals surface area contributed by atoms with E-state index in [1.54, 1.807) is 0 Å². The molecule has 7 nitrogen and oxygen atoms in total. The molecule has 8 heteroatoms. The minimum Gasteiger partial charge on any atom is -0.501 e. The number of nitrogens with zero attached hydrogens (tertiary/aromatic N) is 2. The van der Waals surface area contributed by atoms with Gasteiger partial charge in [-0.2, -0.15) is 0 Å². The molecule has 3 rings (SSSR count). The van der Waals surface area contributed by atoms with E-state index in [0.717, 1.165) is 0 Å². The van der Waals surface area contributed by atoms with E-state index in [4.69, 9.17) is 0 Å². The van der Waals surface area contributed by atoms with Crippen molar-refractivity contribution in [3.8, 4) is 5.75 Å². The molecule has 1 atom stereocenters. The Morgan fingerprint density at radius 2 is 2.17 bits per heavy atom. The Morgan fingerprint density at radius 3 is 2.88 bits per heavy atom. The van der Waals surface area contributed by atoms with Crippen molar-refractivity contribution in [1.82, 2.24) is 20.2 Å². The zero-order chi connectivity index (χ0) is 17.3. The van der Waals surface area contributed by atoms with E-state index in [-0.39, 0.29) is 24.1 Å². The molecule has 1 amide bonds. The van der Waals surface area contributed by atoms with E-state index >= 15 is 0 Å². The summed E-state index contributed by atoms with van der Waals surface area (Å²) in [5.74, 6) is -1.27. The number of aromatic hydroxyl groups is 1. The highest BCUT2D eigenvalue weighted by Gasteiger charge is 2.25. The Labute approximate surface area is 137 Å². The molecule has 2 heterocycles. The van der Waals surface area contributed by atoms with Crippen LogP contribution in [0.2, 0.25) is 0 Å². The van der Waals surface area contributed by atoms with Crippen molar-refractivity contribution in [2.45, 2.75) is 26.1 Å². The number of hydrogen-bond donors (Lipinski definition) is 3. The van der Waals surface area contributed by atoms with E-state index in [0.29, 0.717) is 24.5 Å². The predicted octanol–water partition coefficient (Wildman–Crippen LogP) is 0.682. The van der Waals surface area contributed by atoms with Crippen LogP contribution in [0.4, 0.5) is 4.39 Å². The van der Waals surface area contributed by atoms with Gasteiger partial charge in [0.1, 0.15) is 11.6 Å². The van der Waals surface area contributed by atoms with Gasteiger partial charge < -0.3 is 15.7 Å². The average Bonchev–Trinajstić information content (AvgIpc) is 2.58. The minimum atomic E-state index is -0.663. The lowest BCUT2D eigenvalue weighted by Gasteiger charge is -2.24. The summed E-state index contributed by atoms with van der Waals surface area (Å²) < 4.78 is 14.2. The molecule has 0 fully saturated rings. The molecule has 1 unspecified atom stereocenters. The van der Waals surface area contributed by atoms with E-state index in [9.17, 15) is 19.1 Å². The number of halogens is 1. The van der Waals surface area contributed by atoms with Crippen LogP contribution in [-0.4, -0.2) is 27.1 Å². The first-order valence-corrected chi connectivity index (χ1v) is 7.57. The summed E-state index contributed by atoms with van der Waals surface area (Å²) in [5, 5.41) is 15.7. The number of benzene rings is 1. The van der Waals surface area contributed by atoms with Gasteiger partial charge in [0.2, 0.25) is 5.75 Å². The van der Waals surface area contributed by atoms with Gasteiger partial charge in [0.25, 0.3) is 11.5 Å². The van der Waals surface area contributed by atoms with Gasteiger partial charge in [-0.15, -0.1) is 0 Å². The van der Waals surface area contributed by atoms with Crippen LogP contribution in [-0.2, 0) is 13.1 Å². The van der Waals surface area contributed by atoms with Gasteiger partial charge in [0.05, 0.1) is 6.04 Å². The molecule has 1 aliphatic heterocycles. The first kappa shape index (κ1) is 16.1. The predicted molar refractivity (Wildman–Crippen MR) is 84.1 cm³/mol. The summed E-state index contributed by atoms with van der Waals surface area (Å²) in [5.41, 5.74) is -0.238. The fourth-order valence-electron chi connectivity index (χ4n) is 2.62. The van der Waals surface area contributed by atoms with Gasteiger partial charge >= 0.3 is 0 Å². The highest BCUT2D eigenvalue weighted by atomic mass is 19.1. The fourth-order valence-corrected chi connectivity index (χ4v) is 2.62. The lowest BCUT2D eigenvalue weighted by molar-refractivity contribution is 0.0941. The number of fused-ring (bicyclic) bond motifs is 1. The largest absolute Gasteiger partial charge is 0.501 e. The summed E-state index contributed by atoms with van der Waals surface area (Å²) in [7, 11) is 0. The van der Waals surface area contributed by atoms with Crippen LogP contribution in [0.15, 0.2) is 29.1 Å². The molecule has 24 heavy (non-hydrogen) atoms. The van der Waals surface area contributed by atoms with Crippen molar-refractivity contribution < 1.29 is 14.3 Å². The molecule has 0 bridgehead atoms. The van der Waals surface area contributed by atoms with Crippen molar-refractivity contribution >= 4 is 5.91 Å². The monoisotopic (exact) mass is 332 g/mol. The molecule has 1 aromatic carbocycles. The van der Waals surface area contributed by atoms with Crippen LogP contribution in [0.3, 0.4) is 0 Å². The first-order chi connectivity index (χ1) is 11.5. The zero-order valence-corrected chi connectivity index (χ0v) is 13.0. The Morgan fingerprint density at radius 1 is 1.46 bits per heavy atom. The lowest BCUT2D eigenvalue weighted by Crippen LogP contribution is -2.41. The van der Waals surface area contributed by atoms with Gasteiger partial charge in [0.15, 0.2) is 5.69 Å². The Kier molecular flexibility index (Phi) is 4.30. The van der Waals surface area contributed by atoms with E-state index < -0.39 is 17.2 Å². The van der Waals surface area contributed by atoms with Crippen molar-refractivity contribution in [3.05, 3.63) is 57.5 Å². The second-order valence-corrected chi connectivity index (χ2v) is 5.61. The number of amides is 1. The summed E-state index contributed by atoms with van der Waals surface area (Å²) >= 11 is 0. The zero-order valence-electron chi connectivity index (χ0n) is 13.0. The number of aromatic nitrogens is 2. The van der Waals surface area contributed by atoms with Gasteiger partial charge in [-0.1, -0.05) is 12.1 Å². The number of carbonyl (C=O) groups is 1. The van der Waals surface area contributed by atoms with Crippen LogP contribution in [0.25, 0.3) is 0 Å². The minimum absolute atomic E-state index is 0.131. The molecule has 1 aromatic heterocycles. The summed E-state index contributed by atoms with van der Waals surface area (Å²) in [4.78, 5) is 28.7. The molecule has 3 N–H and O–H groups in total. The second-order valence-electron chi connectivity index (χ2n) is 5.61. The Bertz CT molecular complexity index is 832. The van der Waals surface area contributed by atoms with E-state index in [1.807, 2.05) is 6.92 Å². The topological polar surface area (TPSA) is 96.2 Å². The normalized spacial score (nSPS) is 16.5. The maximum absolute atomic E-state index is 12.9. The van der Waals surface area contributed by atoms with Crippen LogP contribution in [0.1, 0.15) is 34.8 Å². The molecular weight excluding hydrogens is 315 g/mol. The van der Waals surface area contributed by atoms with Gasteiger partial charge in [-0.25, -0.2) is 9.37 Å². The average molecular weight is 332 g/mol. The SMILES string of the molecule is CC1NCCn2c1nc(C(=O)NCc1ccc(F)cc1)c(O)c2=O. The molecule has 1 aliphatic rings. The van der Waals surface area contributed by atoms with Gasteiger partial charge in [-0.3, -0.25) is 14.2 Å². The molecule has 0 spiro atoms. The highest BCUT2D eigenvalue weighted by Crippen LogP contribution is 2.17. The fraction of sp³-hybridized carbons (Fsp3) is 0.312. The molecule has 2 aromatic rings. The third-order valence-corrected chi connectivity index (χ3v) is 3.93. The summed E-state index contributed by atoms with van der Waals surface area (Å²) in [6, 6.07) is 5.45. The third-order valence-electron chi connectivity index (χ3n) is 3.93. The summed E-state index contributed by atoms with van der Waals surface area (Å²) in [6.07, 6.45) is 0. The number of hydrogen-bond acceptors (Lipinski definition) is 5. The quantitative estimate of drug-likeness (QED) is 0.768. The smallest absolute Gasteiger partial charge is 0.296 e. The van der Waals surface area contributed by atoms with Crippen molar-refractivity contribution in [3.63, 3.8) is 0 Å². The molecule has 126 valence electrons. The highest BCUT2D eigenvalue weighted by molar-refractivity contribution is 5.94. The van der Waals surface area contributed by atoms with E-state index in [2.05, 4.69) is 15.6 Å². The molecule has 0 saturated heterocycles. The van der Waals surface area contributed by atoms with Gasteiger partial charge in [0, 0.05) is 19.6 Å². The summed E-state index contributed by atoms with van der Waals surface area (Å²) in [6.45, 7) is 2.93.